The number of nitrogens with one attached hydrogen (secondary N) is 1. The number of hydrogen-bond donors (Lipinski definition) is 1. The van der Waals surface area contributed by atoms with Crippen LogP contribution in [0.25, 0.3) is 11.0 Å². The van der Waals surface area contributed by atoms with E-state index in [1.165, 1.54) is 12.8 Å². The van der Waals surface area contributed by atoms with Gasteiger partial charge in [-0.15, -0.1) is 0 Å². The van der Waals surface area contributed by atoms with E-state index in [9.17, 15) is 4.79 Å². The molecule has 4 rings (SSSR count). The number of rotatable bonds is 4. The molecule has 3 aromatic rings. The fraction of sp³-hybridized carbons (Fsp3) is 0.294. The van der Waals surface area contributed by atoms with Crippen LogP contribution in [0.4, 0.5) is 5.69 Å². The molecule has 0 bridgehead atoms. The van der Waals surface area contributed by atoms with E-state index in [4.69, 9.17) is 4.42 Å². The van der Waals surface area contributed by atoms with Gasteiger partial charge in [0.15, 0.2) is 5.76 Å². The Bertz CT molecular complexity index is 843. The minimum atomic E-state index is -0.236. The molecule has 112 valence electrons. The van der Waals surface area contributed by atoms with E-state index in [2.05, 4.69) is 10.4 Å². The zero-order valence-electron chi connectivity index (χ0n) is 12.4. The highest BCUT2D eigenvalue weighted by molar-refractivity contribution is 6.06. The molecule has 5 nitrogen and oxygen atoms in total. The smallest absolute Gasteiger partial charge is 0.291 e. The second kappa shape index (κ2) is 5.02. The van der Waals surface area contributed by atoms with Gasteiger partial charge in [-0.05, 0) is 31.7 Å². The summed E-state index contributed by atoms with van der Waals surface area (Å²) in [6.07, 6.45) is 6.10. The van der Waals surface area contributed by atoms with Crippen molar-refractivity contribution < 1.29 is 9.21 Å². The number of aromatic nitrogens is 2. The van der Waals surface area contributed by atoms with Crippen molar-refractivity contribution in [1.29, 1.82) is 0 Å². The van der Waals surface area contributed by atoms with E-state index >= 15 is 0 Å². The number of fused-ring (bicyclic) bond motifs is 1. The van der Waals surface area contributed by atoms with Crippen LogP contribution in [0.1, 0.15) is 29.0 Å². The third-order valence-corrected chi connectivity index (χ3v) is 4.08. The van der Waals surface area contributed by atoms with Gasteiger partial charge in [0, 0.05) is 23.7 Å². The van der Waals surface area contributed by atoms with Crippen molar-refractivity contribution in [3.05, 3.63) is 48.0 Å². The summed E-state index contributed by atoms with van der Waals surface area (Å²) in [7, 11) is 0. The Hall–Kier alpha value is -2.56. The Morgan fingerprint density at radius 3 is 3.00 bits per heavy atom. The van der Waals surface area contributed by atoms with Crippen molar-refractivity contribution in [3.63, 3.8) is 0 Å². The molecular formula is C17H17N3O2. The molecule has 0 unspecified atom stereocenters. The summed E-state index contributed by atoms with van der Waals surface area (Å²) >= 11 is 0. The van der Waals surface area contributed by atoms with Crippen LogP contribution in [0.2, 0.25) is 0 Å². The maximum Gasteiger partial charge on any atom is 0.291 e. The van der Waals surface area contributed by atoms with E-state index in [0.717, 1.165) is 29.0 Å². The predicted molar refractivity (Wildman–Crippen MR) is 83.9 cm³/mol. The Balaban J connectivity index is 1.55. The monoisotopic (exact) mass is 295 g/mol. The van der Waals surface area contributed by atoms with Crippen molar-refractivity contribution in [2.45, 2.75) is 26.3 Å². The summed E-state index contributed by atoms with van der Waals surface area (Å²) in [6.45, 7) is 2.83. The van der Waals surface area contributed by atoms with Crippen molar-refractivity contribution in [2.75, 3.05) is 5.32 Å². The Labute approximate surface area is 127 Å². The van der Waals surface area contributed by atoms with Crippen LogP contribution < -0.4 is 5.32 Å². The summed E-state index contributed by atoms with van der Waals surface area (Å²) in [4.78, 5) is 12.4. The summed E-state index contributed by atoms with van der Waals surface area (Å²) in [5.74, 6) is 0.872. The van der Waals surface area contributed by atoms with Gasteiger partial charge in [-0.1, -0.05) is 18.2 Å². The molecule has 1 saturated carbocycles. The molecule has 1 aliphatic carbocycles. The van der Waals surface area contributed by atoms with Gasteiger partial charge in [0.2, 0.25) is 0 Å². The van der Waals surface area contributed by atoms with Crippen molar-refractivity contribution >= 4 is 22.6 Å². The van der Waals surface area contributed by atoms with Gasteiger partial charge >= 0.3 is 0 Å². The Morgan fingerprint density at radius 2 is 2.23 bits per heavy atom. The molecule has 0 aliphatic heterocycles. The van der Waals surface area contributed by atoms with Gasteiger partial charge in [0.05, 0.1) is 11.9 Å². The van der Waals surface area contributed by atoms with Crippen LogP contribution in [-0.4, -0.2) is 15.7 Å². The number of aryl methyl sites for hydroxylation is 1. The Morgan fingerprint density at radius 1 is 1.41 bits per heavy atom. The van der Waals surface area contributed by atoms with Gasteiger partial charge < -0.3 is 9.73 Å². The molecule has 1 amide bonds. The first-order valence-electron chi connectivity index (χ1n) is 7.52. The topological polar surface area (TPSA) is 60.1 Å². The lowest BCUT2D eigenvalue weighted by molar-refractivity contribution is 0.0998. The van der Waals surface area contributed by atoms with Crippen LogP contribution in [0.3, 0.4) is 0 Å². The van der Waals surface area contributed by atoms with Gasteiger partial charge in [-0.25, -0.2) is 0 Å². The van der Waals surface area contributed by atoms with Crippen LogP contribution in [0, 0.1) is 12.8 Å². The number of hydrogen-bond acceptors (Lipinski definition) is 3. The molecule has 2 aromatic heterocycles. The molecule has 0 saturated heterocycles. The normalized spacial score (nSPS) is 14.4. The van der Waals surface area contributed by atoms with Crippen molar-refractivity contribution in [1.82, 2.24) is 9.78 Å². The first-order chi connectivity index (χ1) is 10.7. The second-order valence-electron chi connectivity index (χ2n) is 5.90. The maximum absolute atomic E-state index is 12.4. The van der Waals surface area contributed by atoms with E-state index < -0.39 is 0 Å². The number of furan rings is 1. The highest BCUT2D eigenvalue weighted by atomic mass is 16.3. The summed E-state index contributed by atoms with van der Waals surface area (Å²) < 4.78 is 7.56. The lowest BCUT2D eigenvalue weighted by atomic mass is 10.1. The van der Waals surface area contributed by atoms with Gasteiger partial charge in [0.25, 0.3) is 5.91 Å². The standard InChI is InChI=1S/C17H17N3O2/c1-11-14-4-2-3-5-15(14)22-16(11)17(21)19-13-8-18-20(10-13)9-12-6-7-12/h2-5,8,10,12H,6-7,9H2,1H3,(H,19,21). The number of para-hydroxylation sites is 1. The van der Waals surface area contributed by atoms with E-state index in [0.29, 0.717) is 11.4 Å². The van der Waals surface area contributed by atoms with Crippen LogP contribution in [0.5, 0.6) is 0 Å². The molecule has 22 heavy (non-hydrogen) atoms. The van der Waals surface area contributed by atoms with Crippen molar-refractivity contribution in [2.24, 2.45) is 5.92 Å². The molecule has 0 atom stereocenters. The van der Waals surface area contributed by atoms with E-state index in [1.54, 1.807) is 6.20 Å². The summed E-state index contributed by atoms with van der Waals surface area (Å²) in [5, 5.41) is 8.11. The van der Waals surface area contributed by atoms with E-state index in [1.807, 2.05) is 42.1 Å². The number of carbonyl (C=O) groups is 1. The largest absolute Gasteiger partial charge is 0.451 e. The van der Waals surface area contributed by atoms with Gasteiger partial charge in [-0.2, -0.15) is 5.10 Å². The SMILES string of the molecule is Cc1c(C(=O)Nc2cnn(CC3CC3)c2)oc2ccccc12. The van der Waals surface area contributed by atoms with Gasteiger partial charge in [-0.3, -0.25) is 9.48 Å². The average molecular weight is 295 g/mol. The van der Waals surface area contributed by atoms with Crippen LogP contribution in [0.15, 0.2) is 41.1 Å². The highest BCUT2D eigenvalue weighted by Crippen LogP contribution is 2.30. The molecule has 1 aromatic carbocycles. The highest BCUT2D eigenvalue weighted by Gasteiger charge is 2.22. The zero-order chi connectivity index (χ0) is 15.1. The number of benzene rings is 1. The lowest BCUT2D eigenvalue weighted by Gasteiger charge is -2.00. The molecule has 1 fully saturated rings. The van der Waals surface area contributed by atoms with E-state index in [-0.39, 0.29) is 5.91 Å². The fourth-order valence-electron chi connectivity index (χ4n) is 2.67. The summed E-state index contributed by atoms with van der Waals surface area (Å²) in [6, 6.07) is 7.66. The lowest BCUT2D eigenvalue weighted by Crippen LogP contribution is -2.11. The second-order valence-corrected chi connectivity index (χ2v) is 5.90. The van der Waals surface area contributed by atoms with Crippen LogP contribution in [-0.2, 0) is 6.54 Å². The molecular weight excluding hydrogens is 278 g/mol. The first-order valence-corrected chi connectivity index (χ1v) is 7.52. The number of amides is 1. The number of carbonyl (C=O) groups excluding carboxylic acids is 1. The van der Waals surface area contributed by atoms with Crippen LogP contribution >= 0.6 is 0 Å². The predicted octanol–water partition coefficient (Wildman–Crippen LogP) is 3.60. The minimum Gasteiger partial charge on any atom is -0.451 e. The average Bonchev–Trinajstić information content (AvgIpc) is 3.12. The molecule has 0 spiro atoms. The maximum atomic E-state index is 12.4. The number of nitrogens with zero attached hydrogens (tertiary/aromatic N) is 2. The zero-order valence-corrected chi connectivity index (χ0v) is 12.4. The molecule has 0 radical (unpaired) electrons. The third kappa shape index (κ3) is 2.39. The molecule has 1 N–H and O–H groups in total. The molecule has 1 aliphatic rings. The first kappa shape index (κ1) is 13.1. The quantitative estimate of drug-likeness (QED) is 0.800. The fourth-order valence-corrected chi connectivity index (χ4v) is 2.67. The minimum absolute atomic E-state index is 0.236. The van der Waals surface area contributed by atoms with Crippen molar-refractivity contribution in [3.8, 4) is 0 Å². The third-order valence-electron chi connectivity index (χ3n) is 4.08. The number of anilines is 1. The molecule has 5 heteroatoms. The molecule has 2 heterocycles. The summed E-state index contributed by atoms with van der Waals surface area (Å²) in [5.41, 5.74) is 2.29. The van der Waals surface area contributed by atoms with Gasteiger partial charge in [0.1, 0.15) is 5.58 Å². The Kier molecular flexibility index (Phi) is 2.99.